The second-order valence-corrected chi connectivity index (χ2v) is 5.29. The van der Waals surface area contributed by atoms with Crippen LogP contribution in [0.25, 0.3) is 11.2 Å². The molecule has 2 aromatic rings. The normalized spacial score (nSPS) is 12.0. The third kappa shape index (κ3) is 3.10. The van der Waals surface area contributed by atoms with Crippen molar-refractivity contribution in [3.63, 3.8) is 0 Å². The van der Waals surface area contributed by atoms with Crippen molar-refractivity contribution in [2.45, 2.75) is 13.8 Å². The summed E-state index contributed by atoms with van der Waals surface area (Å²) in [5.74, 6) is -4.30. The summed E-state index contributed by atoms with van der Waals surface area (Å²) in [7, 11) is 2.66. The Hall–Kier alpha value is -3.17. The summed E-state index contributed by atoms with van der Waals surface area (Å²) in [6.07, 6.45) is 1.01. The van der Waals surface area contributed by atoms with Crippen molar-refractivity contribution >= 4 is 28.7 Å². The van der Waals surface area contributed by atoms with E-state index >= 15 is 0 Å². The summed E-state index contributed by atoms with van der Waals surface area (Å²) in [5, 5.41) is 0. The molecule has 2 rings (SSSR count). The Labute approximate surface area is 141 Å². The van der Waals surface area contributed by atoms with E-state index in [0.29, 0.717) is 0 Å². The fourth-order valence-corrected chi connectivity index (χ4v) is 2.28. The number of hydrogen-bond acceptors (Lipinski definition) is 8. The zero-order valence-electron chi connectivity index (χ0n) is 14.1. The molecule has 0 saturated carbocycles. The number of ketones is 2. The SMILES string of the molecule is CCOC(=O)C(C(C)=O)C(=O)c1cnc2c(n1)c(=O)n(C)c(=O)n2C. The summed E-state index contributed by atoms with van der Waals surface area (Å²) < 4.78 is 6.65. The second kappa shape index (κ2) is 6.75. The molecule has 0 aliphatic carbocycles. The number of aryl methyl sites for hydroxylation is 1. The number of carbonyl (C=O) groups is 3. The Bertz CT molecular complexity index is 1000. The van der Waals surface area contributed by atoms with Crippen LogP contribution in [-0.4, -0.2) is 43.2 Å². The van der Waals surface area contributed by atoms with Gasteiger partial charge in [-0.2, -0.15) is 0 Å². The van der Waals surface area contributed by atoms with Crippen molar-refractivity contribution in [3.05, 3.63) is 32.7 Å². The zero-order chi connectivity index (χ0) is 18.9. The maximum Gasteiger partial charge on any atom is 0.332 e. The highest BCUT2D eigenvalue weighted by atomic mass is 16.5. The molecule has 25 heavy (non-hydrogen) atoms. The van der Waals surface area contributed by atoms with Crippen LogP contribution in [0.4, 0.5) is 0 Å². The molecule has 132 valence electrons. The Morgan fingerprint density at radius 2 is 1.84 bits per heavy atom. The lowest BCUT2D eigenvalue weighted by Crippen LogP contribution is -2.38. The number of Topliss-reactive ketones (excluding diaryl/α,β-unsaturated/α-hetero) is 2. The number of aromatic nitrogens is 4. The number of ether oxygens (including phenoxy) is 1. The Kier molecular flexibility index (Phi) is 4.91. The minimum absolute atomic E-state index is 0.00193. The van der Waals surface area contributed by atoms with Crippen molar-refractivity contribution in [3.8, 4) is 0 Å². The van der Waals surface area contributed by atoms with Gasteiger partial charge in [0, 0.05) is 14.1 Å². The van der Waals surface area contributed by atoms with Crippen LogP contribution in [0.3, 0.4) is 0 Å². The zero-order valence-corrected chi connectivity index (χ0v) is 14.1. The molecule has 0 aromatic carbocycles. The van der Waals surface area contributed by atoms with E-state index < -0.39 is 34.7 Å². The first-order valence-corrected chi connectivity index (χ1v) is 7.34. The van der Waals surface area contributed by atoms with Crippen molar-refractivity contribution in [2.24, 2.45) is 20.0 Å². The van der Waals surface area contributed by atoms with Crippen molar-refractivity contribution in [1.29, 1.82) is 0 Å². The van der Waals surface area contributed by atoms with E-state index in [1.807, 2.05) is 0 Å². The van der Waals surface area contributed by atoms with Gasteiger partial charge in [0.05, 0.1) is 12.8 Å². The molecule has 0 fully saturated rings. The molecule has 10 heteroatoms. The van der Waals surface area contributed by atoms with E-state index in [0.717, 1.165) is 22.3 Å². The monoisotopic (exact) mass is 348 g/mol. The van der Waals surface area contributed by atoms with E-state index in [1.54, 1.807) is 6.92 Å². The fourth-order valence-electron chi connectivity index (χ4n) is 2.28. The molecule has 0 radical (unpaired) electrons. The fraction of sp³-hybridized carbons (Fsp3) is 0.400. The van der Waals surface area contributed by atoms with Gasteiger partial charge in [0.2, 0.25) is 5.78 Å². The third-order valence-electron chi connectivity index (χ3n) is 3.60. The number of fused-ring (bicyclic) bond motifs is 1. The van der Waals surface area contributed by atoms with E-state index in [1.165, 1.54) is 14.1 Å². The molecule has 2 aromatic heterocycles. The maximum atomic E-state index is 12.5. The van der Waals surface area contributed by atoms with E-state index in [2.05, 4.69) is 9.97 Å². The topological polar surface area (TPSA) is 130 Å². The van der Waals surface area contributed by atoms with Crippen LogP contribution in [0.2, 0.25) is 0 Å². The van der Waals surface area contributed by atoms with Gasteiger partial charge in [-0.3, -0.25) is 28.3 Å². The largest absolute Gasteiger partial charge is 0.465 e. The van der Waals surface area contributed by atoms with E-state index in [-0.39, 0.29) is 23.5 Å². The molecular weight excluding hydrogens is 332 g/mol. The van der Waals surface area contributed by atoms with Crippen LogP contribution < -0.4 is 11.2 Å². The highest BCUT2D eigenvalue weighted by Crippen LogP contribution is 2.12. The second-order valence-electron chi connectivity index (χ2n) is 5.29. The summed E-state index contributed by atoms with van der Waals surface area (Å²) >= 11 is 0. The van der Waals surface area contributed by atoms with Gasteiger partial charge in [-0.05, 0) is 13.8 Å². The number of hydrogen-bond donors (Lipinski definition) is 0. The molecule has 0 aliphatic heterocycles. The lowest BCUT2D eigenvalue weighted by molar-refractivity contribution is -0.148. The standard InChI is InChI=1S/C15H16N4O6/c1-5-25-14(23)9(7(2)20)11(21)8-6-16-12-10(17-8)13(22)19(4)15(24)18(12)3/h6,9H,5H2,1-4H3. The third-order valence-corrected chi connectivity index (χ3v) is 3.60. The molecule has 0 aliphatic rings. The molecule has 0 N–H and O–H groups in total. The minimum atomic E-state index is -1.68. The number of esters is 1. The predicted octanol–water partition coefficient (Wildman–Crippen LogP) is -1.02. The molecule has 0 spiro atoms. The number of rotatable bonds is 5. The number of carbonyl (C=O) groups excluding carboxylic acids is 3. The summed E-state index contributed by atoms with van der Waals surface area (Å²) in [4.78, 5) is 67.9. The van der Waals surface area contributed by atoms with E-state index in [4.69, 9.17) is 4.74 Å². The average Bonchev–Trinajstić information content (AvgIpc) is 2.57. The Balaban J connectivity index is 2.64. The molecule has 1 atom stereocenters. The minimum Gasteiger partial charge on any atom is -0.465 e. The van der Waals surface area contributed by atoms with Gasteiger partial charge in [0.1, 0.15) is 5.69 Å². The van der Waals surface area contributed by atoms with Gasteiger partial charge in [-0.15, -0.1) is 0 Å². The predicted molar refractivity (Wildman–Crippen MR) is 85.2 cm³/mol. The van der Waals surface area contributed by atoms with Gasteiger partial charge in [0.15, 0.2) is 22.9 Å². The lowest BCUT2D eigenvalue weighted by Gasteiger charge is -2.12. The molecule has 10 nitrogen and oxygen atoms in total. The Morgan fingerprint density at radius 3 is 2.40 bits per heavy atom. The van der Waals surface area contributed by atoms with Gasteiger partial charge < -0.3 is 4.74 Å². The summed E-state index contributed by atoms with van der Waals surface area (Å²) in [6, 6.07) is 0. The molecule has 0 bridgehead atoms. The van der Waals surface area contributed by atoms with Gasteiger partial charge >= 0.3 is 11.7 Å². The summed E-state index contributed by atoms with van der Waals surface area (Å²) in [6.45, 7) is 2.62. The quantitative estimate of drug-likeness (QED) is 0.381. The maximum absolute atomic E-state index is 12.5. The first-order valence-electron chi connectivity index (χ1n) is 7.34. The van der Waals surface area contributed by atoms with Gasteiger partial charge in [0.25, 0.3) is 5.56 Å². The Morgan fingerprint density at radius 1 is 1.20 bits per heavy atom. The molecule has 0 amide bonds. The smallest absolute Gasteiger partial charge is 0.332 e. The van der Waals surface area contributed by atoms with Gasteiger partial charge in [-0.25, -0.2) is 14.8 Å². The van der Waals surface area contributed by atoms with Crippen molar-refractivity contribution in [1.82, 2.24) is 19.1 Å². The van der Waals surface area contributed by atoms with E-state index in [9.17, 15) is 24.0 Å². The van der Waals surface area contributed by atoms with Crippen LogP contribution in [0.1, 0.15) is 24.3 Å². The highest BCUT2D eigenvalue weighted by Gasteiger charge is 2.34. The molecule has 1 unspecified atom stereocenters. The van der Waals surface area contributed by atoms with Crippen LogP contribution >= 0.6 is 0 Å². The average molecular weight is 348 g/mol. The van der Waals surface area contributed by atoms with Crippen LogP contribution in [0.5, 0.6) is 0 Å². The molecule has 0 saturated heterocycles. The van der Waals surface area contributed by atoms with Gasteiger partial charge in [-0.1, -0.05) is 0 Å². The van der Waals surface area contributed by atoms with Crippen LogP contribution in [0, 0.1) is 5.92 Å². The van der Waals surface area contributed by atoms with Crippen LogP contribution in [0.15, 0.2) is 15.8 Å². The van der Waals surface area contributed by atoms with Crippen LogP contribution in [-0.2, 0) is 28.4 Å². The summed E-state index contributed by atoms with van der Waals surface area (Å²) in [5.41, 5.74) is -1.91. The lowest BCUT2D eigenvalue weighted by atomic mass is 9.98. The first-order chi connectivity index (χ1) is 11.7. The van der Waals surface area contributed by atoms with Crippen molar-refractivity contribution < 1.29 is 19.1 Å². The number of nitrogens with zero attached hydrogens (tertiary/aromatic N) is 4. The molecule has 2 heterocycles. The van der Waals surface area contributed by atoms with Crippen molar-refractivity contribution in [2.75, 3.05) is 6.61 Å². The highest BCUT2D eigenvalue weighted by molar-refractivity contribution is 6.21. The molecular formula is C15H16N4O6. The first kappa shape index (κ1) is 18.2.